The van der Waals surface area contributed by atoms with Crippen molar-refractivity contribution < 1.29 is 96.7 Å². The van der Waals surface area contributed by atoms with Gasteiger partial charge in [0.15, 0.2) is 0 Å². The van der Waals surface area contributed by atoms with E-state index in [0.717, 1.165) is 108 Å². The van der Waals surface area contributed by atoms with Crippen molar-refractivity contribution in [3.63, 3.8) is 0 Å². The van der Waals surface area contributed by atoms with Crippen LogP contribution in [0.15, 0.2) is 382 Å². The summed E-state index contributed by atoms with van der Waals surface area (Å²) >= 11 is 0. The van der Waals surface area contributed by atoms with E-state index in [-0.39, 0.29) is 107 Å². The van der Waals surface area contributed by atoms with Crippen LogP contribution in [0.25, 0.3) is 179 Å². The second kappa shape index (κ2) is 44.9. The number of halogens is 4. The molecule has 4 radical (unpaired) electrons. The molecule has 4 aliphatic rings. The number of benzene rings is 16. The fourth-order valence-corrected chi connectivity index (χ4v) is 33.2. The third-order valence-electron chi connectivity index (χ3n) is 27.7. The molecule has 0 spiro atoms. The Kier molecular flexibility index (Phi) is 32.5. The first-order valence-corrected chi connectivity index (χ1v) is 55.6. The Balaban J connectivity index is 0.000000133. The van der Waals surface area contributed by atoms with Crippen molar-refractivity contribution in [2.75, 3.05) is 13.3 Å². The first-order valence-electron chi connectivity index (χ1n) is 48.6. The van der Waals surface area contributed by atoms with Gasteiger partial charge in [-0.15, -0.1) is 82.9 Å². The maximum atomic E-state index is 14.9. The van der Waals surface area contributed by atoms with Gasteiger partial charge in [0.1, 0.15) is 42.4 Å². The van der Waals surface area contributed by atoms with Crippen molar-refractivity contribution in [3.8, 4) is 179 Å². The van der Waals surface area contributed by atoms with E-state index in [2.05, 4.69) is 389 Å². The van der Waals surface area contributed by atoms with Gasteiger partial charge >= 0.3 is 79.2 Å². The summed E-state index contributed by atoms with van der Waals surface area (Å²) in [7, 11) is -4.02. The van der Waals surface area contributed by atoms with Crippen LogP contribution in [0.2, 0.25) is 0 Å². The molecule has 0 aliphatic carbocycles. The van der Waals surface area contributed by atoms with E-state index in [1.165, 1.54) is 120 Å². The number of hydrogen-bond donors (Lipinski definition) is 0. The first kappa shape index (κ1) is 106. The van der Waals surface area contributed by atoms with Crippen molar-refractivity contribution in [1.82, 2.24) is 19.9 Å². The number of aromatic nitrogens is 4. The molecule has 0 fully saturated rings. The second-order valence-corrected chi connectivity index (χ2v) is 50.6. The quantitative estimate of drug-likeness (QED) is 0.0695. The van der Waals surface area contributed by atoms with Gasteiger partial charge in [0.05, 0.1) is 78.1 Å². The maximum absolute atomic E-state index is 14.9. The average molecular weight is 2700 g/mol. The molecule has 147 heavy (non-hydrogen) atoms. The van der Waals surface area contributed by atoms with Crippen LogP contribution >= 0.6 is 31.7 Å². The number of aryl methyl sites for hydroxylation is 5. The molecular weight excluding hydrogens is 2590 g/mol. The van der Waals surface area contributed by atoms with E-state index >= 15 is 0 Å². The zero-order valence-corrected chi connectivity index (χ0v) is 97.7. The number of nitrogens with zero attached hydrogens (tertiary/aromatic N) is 4. The molecule has 4 aromatic heterocycles. The fraction of sp³-hybridized carbons (Fsp3) is 0.115. The second-order valence-electron chi connectivity index (χ2n) is 39.5. The molecule has 20 aromatic rings. The summed E-state index contributed by atoms with van der Waals surface area (Å²) in [5, 5.41) is 11.7. The summed E-state index contributed by atoms with van der Waals surface area (Å²) in [6, 6.07) is 145. The summed E-state index contributed by atoms with van der Waals surface area (Å²) in [5.41, 5.74) is 37.2. The number of hydrogen-bond acceptors (Lipinski definition) is 4. The van der Waals surface area contributed by atoms with Gasteiger partial charge in [0, 0.05) is 90.0 Å². The third-order valence-corrected chi connectivity index (χ3v) is 39.8. The Morgan fingerprint density at radius 2 is 0.531 bits per heavy atom. The Morgan fingerprint density at radius 3 is 0.864 bits per heavy atom. The van der Waals surface area contributed by atoms with Crippen LogP contribution in [0.1, 0.15) is 69.4 Å². The van der Waals surface area contributed by atoms with Crippen LogP contribution in [0.3, 0.4) is 0 Å². The molecule has 4 nitrogen and oxygen atoms in total. The van der Waals surface area contributed by atoms with Crippen LogP contribution < -0.4 is 42.4 Å². The standard InChI is InChI=1S/C35H30FNP.C33H25F2NP.C32H24FNP.C31H23NP.4Os/c1-22-18-26(19-23(2)33(22)36)30-20-25(24-12-7-6-8-13-24)21-31(37-30)29-16-11-15-28-27-14-9-10-17-32(27)38(34(28)29)35(3,4)5;1-33(2,3)37-31-15-8-7-12-24(31)25-13-9-14-27(32(25)37)30-19-22(21-10-5-4-6-11-21)18-29(36-30)26-17-16-23(34)20-28(26)35;1-20-16-24(17-21(2)31(20)33)28-18-23(22-10-5-4-6-11-22)19-29(34-28)27-14-9-13-26-25-12-7-8-15-30(25)35(3)32(26)27;1-21-10-8-13-23(18-21)28-19-24(22-11-4-3-5-12-22)20-29(32-28)27-16-9-15-26-25-14-6-7-17-30(25)33(2)31(26)27;;;;/h6-18,20-21H,1-5H3;4-16,18-20H,1-3H3;4-16,18-19H,1-3H3;3-12,14-20H,1-2H3;;;;/q4*-1;4*+1/p+4. The number of pyridine rings is 4. The minimum Gasteiger partial charge on any atom is -0.296 e. The largest absolute Gasteiger partial charge is 1.00 e. The summed E-state index contributed by atoms with van der Waals surface area (Å²) in [5.74, 6) is -1.74. The monoisotopic (exact) mass is 2700 g/mol. The smallest absolute Gasteiger partial charge is 0.296 e. The van der Waals surface area contributed by atoms with E-state index in [0.29, 0.717) is 27.9 Å². The minimum absolute atomic E-state index is 0. The van der Waals surface area contributed by atoms with Gasteiger partial charge in [0.25, 0.3) is 0 Å². The molecule has 0 saturated carbocycles. The molecule has 0 bridgehead atoms. The molecule has 0 N–H and O–H groups in total. The van der Waals surface area contributed by atoms with Crippen molar-refractivity contribution in [2.45, 2.75) is 86.5 Å². The van der Waals surface area contributed by atoms with Gasteiger partial charge < -0.3 is 0 Å². The molecular formula is C131H106F4N4Os4P4+4. The summed E-state index contributed by atoms with van der Waals surface area (Å²) in [6.45, 7) is 28.1. The normalized spacial score (nSPS) is 13.8. The number of fused-ring (bicyclic) bond motifs is 12. The topological polar surface area (TPSA) is 51.6 Å². The zero-order valence-electron chi connectivity index (χ0n) is 83.6. The molecule has 726 valence electrons. The Labute approximate surface area is 918 Å². The average Bonchev–Trinajstić information content (AvgIpc) is 1.58. The molecule has 4 atom stereocenters. The van der Waals surface area contributed by atoms with Gasteiger partial charge in [-0.05, 0) is 182 Å². The summed E-state index contributed by atoms with van der Waals surface area (Å²) in [4.78, 5) is 20.5. The molecule has 16 heteroatoms. The van der Waals surface area contributed by atoms with E-state index in [9.17, 15) is 17.6 Å². The van der Waals surface area contributed by atoms with Crippen molar-refractivity contribution in [1.29, 1.82) is 0 Å². The summed E-state index contributed by atoms with van der Waals surface area (Å²) in [6.07, 6.45) is 0. The molecule has 4 unspecified atom stereocenters. The van der Waals surface area contributed by atoms with Crippen LogP contribution in [0.4, 0.5) is 17.6 Å². The minimum atomic E-state index is -1.16. The first-order chi connectivity index (χ1) is 69.2. The molecule has 24 rings (SSSR count). The van der Waals surface area contributed by atoms with Crippen molar-refractivity contribution in [3.05, 3.63) is 458 Å². The van der Waals surface area contributed by atoms with Gasteiger partial charge in [-0.2, -0.15) is 0 Å². The zero-order chi connectivity index (χ0) is 98.8. The van der Waals surface area contributed by atoms with Crippen LogP contribution in [-0.2, 0) is 79.2 Å². The predicted octanol–water partition coefficient (Wildman–Crippen LogP) is 31.1. The fourth-order valence-electron chi connectivity index (χ4n) is 21.2. The Hall–Kier alpha value is -11.9. The van der Waals surface area contributed by atoms with Gasteiger partial charge in [-0.1, -0.05) is 335 Å². The Bertz CT molecular complexity index is 8320. The predicted molar refractivity (Wildman–Crippen MR) is 604 cm³/mol. The SMILES string of the molecule is CC(C)(C)[PH+]1c2ccccc2-c2cccc(-c3cc(-c4ccccc4)cc(-c4[c-]cc(F)cc4F)n3)c21.Cc1[c-]c(-c2cc(-c3ccccc3)cc(-c3cccc4c3[PH+](C(C)(C)C)c3ccccc3-4)n2)cc(C)c1F.Cc1[c-]c(-c2cc(-c3ccccc3)cc(-c3cccc4c3[PH+](C)c3ccccc3-4)n2)cc(C)c1F.Cc1cc[c-]c(-c2cc(-c3ccccc3)cc(-c3cccc4c3[PH+](C)c3ccccc3-4)n2)c1.[Os+].[Os+].[Os+].[Os+]. The van der Waals surface area contributed by atoms with Gasteiger partial charge in [-0.3, -0.25) is 37.5 Å². The molecule has 0 saturated heterocycles. The van der Waals surface area contributed by atoms with Gasteiger partial charge in [0.2, 0.25) is 0 Å². The van der Waals surface area contributed by atoms with E-state index in [1.54, 1.807) is 27.7 Å². The van der Waals surface area contributed by atoms with Crippen LogP contribution in [-0.4, -0.2) is 43.6 Å². The molecule has 8 heterocycles. The summed E-state index contributed by atoms with van der Waals surface area (Å²) < 4.78 is 57.5. The van der Waals surface area contributed by atoms with E-state index in [4.69, 9.17) is 19.9 Å². The van der Waals surface area contributed by atoms with Crippen molar-refractivity contribution in [2.24, 2.45) is 0 Å². The Morgan fingerprint density at radius 1 is 0.252 bits per heavy atom. The van der Waals surface area contributed by atoms with E-state index < -0.39 is 43.3 Å². The molecule has 0 amide bonds. The van der Waals surface area contributed by atoms with Crippen molar-refractivity contribution >= 4 is 74.1 Å². The van der Waals surface area contributed by atoms with Crippen LogP contribution in [0, 0.1) is 82.2 Å². The van der Waals surface area contributed by atoms with E-state index in [1.807, 2.05) is 66.7 Å². The molecule has 4 aliphatic heterocycles. The molecule has 16 aromatic carbocycles. The maximum Gasteiger partial charge on any atom is 1.00 e. The van der Waals surface area contributed by atoms with Crippen LogP contribution in [0.5, 0.6) is 0 Å². The number of rotatable bonds is 12. The van der Waals surface area contributed by atoms with Gasteiger partial charge in [-0.25, -0.2) is 0 Å². The third kappa shape index (κ3) is 21.3.